The van der Waals surface area contributed by atoms with Crippen LogP contribution in [0.25, 0.3) is 0 Å². The third-order valence-electron chi connectivity index (χ3n) is 4.26. The van der Waals surface area contributed by atoms with Gasteiger partial charge in [-0.05, 0) is 31.0 Å². The van der Waals surface area contributed by atoms with E-state index < -0.39 is 0 Å². The first-order valence-corrected chi connectivity index (χ1v) is 10.1. The summed E-state index contributed by atoms with van der Waals surface area (Å²) < 4.78 is 0. The summed E-state index contributed by atoms with van der Waals surface area (Å²) in [5, 5.41) is 13.0. The molecule has 2 aromatic rings. The average Bonchev–Trinajstić information content (AvgIpc) is 2.97. The van der Waals surface area contributed by atoms with Crippen molar-refractivity contribution in [3.8, 4) is 6.07 Å². The van der Waals surface area contributed by atoms with Crippen molar-refractivity contribution in [1.29, 1.82) is 5.26 Å². The van der Waals surface area contributed by atoms with Crippen molar-refractivity contribution in [1.82, 2.24) is 4.90 Å². The fourth-order valence-electron chi connectivity index (χ4n) is 2.82. The molecule has 0 bridgehead atoms. The molecule has 2 amide bonds. The second kappa shape index (κ2) is 7.94. The molecule has 0 unspecified atom stereocenters. The van der Waals surface area contributed by atoms with Crippen LogP contribution >= 0.6 is 23.1 Å². The Kier molecular flexibility index (Phi) is 5.64. The van der Waals surface area contributed by atoms with Crippen molar-refractivity contribution in [2.24, 2.45) is 0 Å². The molecular weight excluding hydrogens is 366 g/mol. The van der Waals surface area contributed by atoms with Crippen LogP contribution in [0.15, 0.2) is 29.2 Å². The van der Waals surface area contributed by atoms with Crippen LogP contribution in [0.4, 0.5) is 5.00 Å². The number of nitrogens with zero attached hydrogens (tertiary/aromatic N) is 2. The van der Waals surface area contributed by atoms with E-state index in [1.165, 1.54) is 28.7 Å². The van der Waals surface area contributed by atoms with Gasteiger partial charge in [0.05, 0.1) is 17.9 Å². The minimum atomic E-state index is -0.130. The summed E-state index contributed by atoms with van der Waals surface area (Å²) in [6.07, 6.45) is 0.655. The lowest BCUT2D eigenvalue weighted by Gasteiger charge is -2.25. The molecule has 0 saturated carbocycles. The molecule has 7 heteroatoms. The van der Waals surface area contributed by atoms with Crippen molar-refractivity contribution >= 4 is 39.9 Å². The van der Waals surface area contributed by atoms with Gasteiger partial charge < -0.3 is 10.2 Å². The largest absolute Gasteiger partial charge is 0.337 e. The Morgan fingerprint density at radius 2 is 2.08 bits per heavy atom. The molecule has 1 N–H and O–H groups in total. The highest BCUT2D eigenvalue weighted by atomic mass is 32.2. The number of anilines is 1. The van der Waals surface area contributed by atoms with Gasteiger partial charge in [-0.15, -0.1) is 23.1 Å². The minimum Gasteiger partial charge on any atom is -0.337 e. The summed E-state index contributed by atoms with van der Waals surface area (Å²) in [5.74, 6) is 0.188. The predicted octanol–water partition coefficient (Wildman–Crippen LogP) is 3.56. The first kappa shape index (κ1) is 18.5. The van der Waals surface area contributed by atoms with E-state index in [-0.39, 0.29) is 17.6 Å². The van der Waals surface area contributed by atoms with Gasteiger partial charge >= 0.3 is 0 Å². The highest BCUT2D eigenvalue weighted by Gasteiger charge is 2.26. The number of nitrogens with one attached hydrogen (secondary N) is 1. The summed E-state index contributed by atoms with van der Waals surface area (Å²) in [5.41, 5.74) is 2.69. The van der Waals surface area contributed by atoms with E-state index in [9.17, 15) is 14.9 Å². The maximum atomic E-state index is 12.3. The van der Waals surface area contributed by atoms with E-state index in [0.717, 1.165) is 15.3 Å². The number of hydrogen-bond acceptors (Lipinski definition) is 5. The zero-order valence-corrected chi connectivity index (χ0v) is 16.3. The van der Waals surface area contributed by atoms with Crippen molar-refractivity contribution in [2.75, 3.05) is 17.6 Å². The maximum Gasteiger partial charge on any atom is 0.235 e. The summed E-state index contributed by atoms with van der Waals surface area (Å²) in [4.78, 5) is 27.7. The smallest absolute Gasteiger partial charge is 0.235 e. The van der Waals surface area contributed by atoms with Crippen LogP contribution in [0, 0.1) is 18.3 Å². The Morgan fingerprint density at radius 1 is 1.35 bits per heavy atom. The first-order valence-electron chi connectivity index (χ1n) is 8.27. The SMILES string of the molecule is CC(=O)N1CCc2c(sc(NC(=O)CSc3ccc(C)cc3)c2C#N)C1. The fraction of sp³-hybridized carbons (Fsp3) is 0.316. The summed E-state index contributed by atoms with van der Waals surface area (Å²) in [6, 6.07) is 10.2. The topological polar surface area (TPSA) is 73.2 Å². The third kappa shape index (κ3) is 4.09. The second-order valence-corrected chi connectivity index (χ2v) is 8.31. The molecule has 0 saturated heterocycles. The molecule has 0 fully saturated rings. The Hall–Kier alpha value is -2.30. The minimum absolute atomic E-state index is 0.0302. The van der Waals surface area contributed by atoms with Crippen LogP contribution in [0.5, 0.6) is 0 Å². The Balaban J connectivity index is 1.68. The lowest BCUT2D eigenvalue weighted by Crippen LogP contribution is -2.33. The quantitative estimate of drug-likeness (QED) is 0.817. The van der Waals surface area contributed by atoms with Crippen LogP contribution in [0.3, 0.4) is 0 Å². The molecule has 1 aromatic carbocycles. The highest BCUT2D eigenvalue weighted by molar-refractivity contribution is 8.00. The van der Waals surface area contributed by atoms with Crippen LogP contribution in [0.1, 0.15) is 28.5 Å². The number of aryl methyl sites for hydroxylation is 1. The number of hydrogen-bond donors (Lipinski definition) is 1. The third-order valence-corrected chi connectivity index (χ3v) is 6.40. The standard InChI is InChI=1S/C19H19N3O2S2/c1-12-3-5-14(6-4-12)25-11-18(24)21-19-16(9-20)15-7-8-22(13(2)23)10-17(15)26-19/h3-6H,7-8,10-11H2,1-2H3,(H,21,24). The van der Waals surface area contributed by atoms with Crippen LogP contribution in [0.2, 0.25) is 0 Å². The lowest BCUT2D eigenvalue weighted by molar-refractivity contribution is -0.129. The van der Waals surface area contributed by atoms with Crippen LogP contribution in [-0.4, -0.2) is 29.0 Å². The fourth-order valence-corrected chi connectivity index (χ4v) is 4.75. The average molecular weight is 386 g/mol. The van der Waals surface area contributed by atoms with Gasteiger partial charge in [-0.3, -0.25) is 9.59 Å². The summed E-state index contributed by atoms with van der Waals surface area (Å²) >= 11 is 2.87. The van der Waals surface area contributed by atoms with E-state index in [1.807, 2.05) is 31.2 Å². The van der Waals surface area contributed by atoms with Gasteiger partial charge in [0.2, 0.25) is 11.8 Å². The molecular formula is C19H19N3O2S2. The van der Waals surface area contributed by atoms with Crippen LogP contribution in [-0.2, 0) is 22.6 Å². The first-order chi connectivity index (χ1) is 12.5. The van der Waals surface area contributed by atoms with Gasteiger partial charge in [0.25, 0.3) is 0 Å². The number of carbonyl (C=O) groups excluding carboxylic acids is 2. The number of amides is 2. The van der Waals surface area contributed by atoms with E-state index >= 15 is 0 Å². The molecule has 26 heavy (non-hydrogen) atoms. The zero-order chi connectivity index (χ0) is 18.7. The monoisotopic (exact) mass is 385 g/mol. The molecule has 0 radical (unpaired) electrons. The van der Waals surface area contributed by atoms with Gasteiger partial charge in [0.1, 0.15) is 11.1 Å². The number of thiophene rings is 1. The van der Waals surface area contributed by atoms with Crippen molar-refractivity contribution < 1.29 is 9.59 Å². The Bertz CT molecular complexity index is 881. The molecule has 1 aliphatic heterocycles. The van der Waals surface area contributed by atoms with E-state index in [2.05, 4.69) is 11.4 Å². The van der Waals surface area contributed by atoms with E-state index in [1.54, 1.807) is 11.8 Å². The normalized spacial score (nSPS) is 13.0. The van der Waals surface area contributed by atoms with Gasteiger partial charge in [-0.2, -0.15) is 5.26 Å². The Labute approximate surface area is 161 Å². The number of fused-ring (bicyclic) bond motifs is 1. The molecule has 0 spiro atoms. The predicted molar refractivity (Wildman–Crippen MR) is 104 cm³/mol. The van der Waals surface area contributed by atoms with Crippen molar-refractivity contribution in [3.63, 3.8) is 0 Å². The summed E-state index contributed by atoms with van der Waals surface area (Å²) in [6.45, 7) is 4.70. The van der Waals surface area contributed by atoms with Crippen molar-refractivity contribution in [3.05, 3.63) is 45.8 Å². The molecule has 0 aliphatic carbocycles. The molecule has 134 valence electrons. The van der Waals surface area contributed by atoms with Gasteiger partial charge in [-0.25, -0.2) is 0 Å². The second-order valence-electron chi connectivity index (χ2n) is 6.16. The zero-order valence-electron chi connectivity index (χ0n) is 14.7. The van der Waals surface area contributed by atoms with Crippen molar-refractivity contribution in [2.45, 2.75) is 31.7 Å². The number of rotatable bonds is 4. The van der Waals surface area contributed by atoms with E-state index in [0.29, 0.717) is 30.1 Å². The van der Waals surface area contributed by atoms with Gasteiger partial charge in [0.15, 0.2) is 0 Å². The number of nitriles is 1. The molecule has 5 nitrogen and oxygen atoms in total. The number of thioether (sulfide) groups is 1. The number of carbonyl (C=O) groups is 2. The molecule has 0 atom stereocenters. The summed E-state index contributed by atoms with van der Waals surface area (Å²) in [7, 11) is 0. The molecule has 2 heterocycles. The van der Waals surface area contributed by atoms with Crippen LogP contribution < -0.4 is 5.32 Å². The lowest BCUT2D eigenvalue weighted by atomic mass is 10.0. The van der Waals surface area contributed by atoms with E-state index in [4.69, 9.17) is 0 Å². The van der Waals surface area contributed by atoms with Gasteiger partial charge in [-0.1, -0.05) is 17.7 Å². The Morgan fingerprint density at radius 3 is 2.73 bits per heavy atom. The maximum absolute atomic E-state index is 12.3. The molecule has 1 aromatic heterocycles. The number of benzene rings is 1. The molecule has 3 rings (SSSR count). The highest BCUT2D eigenvalue weighted by Crippen LogP contribution is 2.36. The molecule has 1 aliphatic rings. The van der Waals surface area contributed by atoms with Gasteiger partial charge in [0, 0.05) is 23.2 Å².